The molecule has 1 amide bonds. The summed E-state index contributed by atoms with van der Waals surface area (Å²) < 4.78 is 29.3. The van der Waals surface area contributed by atoms with Crippen molar-refractivity contribution in [1.82, 2.24) is 5.43 Å². The van der Waals surface area contributed by atoms with Gasteiger partial charge in [0.15, 0.2) is 11.5 Å². The molecule has 1 aliphatic rings. The number of benzene rings is 3. The molecular formula is C23H17FN2O5. The predicted molar refractivity (Wildman–Crippen MR) is 110 cm³/mol. The molecule has 0 saturated heterocycles. The van der Waals surface area contributed by atoms with Crippen LogP contribution < -0.4 is 19.6 Å². The molecule has 1 aliphatic heterocycles. The lowest BCUT2D eigenvalue weighted by molar-refractivity contribution is 0.0734. The predicted octanol–water partition coefficient (Wildman–Crippen LogP) is 3.58. The van der Waals surface area contributed by atoms with E-state index in [9.17, 15) is 14.0 Å². The number of nitrogens with zero attached hydrogens (tertiary/aromatic N) is 1. The van der Waals surface area contributed by atoms with Gasteiger partial charge >= 0.3 is 5.97 Å². The zero-order valence-corrected chi connectivity index (χ0v) is 16.2. The summed E-state index contributed by atoms with van der Waals surface area (Å²) in [6.45, 7) is 0.912. The summed E-state index contributed by atoms with van der Waals surface area (Å²) in [5.41, 5.74) is 3.62. The van der Waals surface area contributed by atoms with Crippen molar-refractivity contribution in [2.75, 3.05) is 13.2 Å². The standard InChI is InChI=1S/C23H17FN2O5/c24-18-3-1-2-17(12-18)23(28)31-19-7-4-15(5-8-19)14-25-26-22(27)16-6-9-20-21(13-16)30-11-10-29-20/h1-9,12-14H,10-11H2,(H,26,27)/b25-14+. The van der Waals surface area contributed by atoms with Gasteiger partial charge in [0.2, 0.25) is 0 Å². The Kier molecular flexibility index (Phi) is 5.89. The number of nitrogens with one attached hydrogen (secondary N) is 1. The lowest BCUT2D eigenvalue weighted by Gasteiger charge is -2.18. The van der Waals surface area contributed by atoms with E-state index in [2.05, 4.69) is 10.5 Å². The summed E-state index contributed by atoms with van der Waals surface area (Å²) in [4.78, 5) is 24.3. The number of fused-ring (bicyclic) bond motifs is 1. The zero-order chi connectivity index (χ0) is 21.6. The molecule has 4 rings (SSSR count). The lowest BCUT2D eigenvalue weighted by Crippen LogP contribution is -2.19. The third-order valence-electron chi connectivity index (χ3n) is 4.34. The van der Waals surface area contributed by atoms with Crippen LogP contribution in [0.15, 0.2) is 71.8 Å². The Bertz CT molecular complexity index is 1140. The maximum absolute atomic E-state index is 13.2. The van der Waals surface area contributed by atoms with E-state index in [0.29, 0.717) is 41.6 Å². The van der Waals surface area contributed by atoms with Crippen LogP contribution >= 0.6 is 0 Å². The third kappa shape index (κ3) is 5.05. The molecule has 0 aliphatic carbocycles. The summed E-state index contributed by atoms with van der Waals surface area (Å²) in [7, 11) is 0. The molecule has 0 radical (unpaired) electrons. The number of hydrogen-bond donors (Lipinski definition) is 1. The van der Waals surface area contributed by atoms with E-state index in [1.54, 1.807) is 42.5 Å². The van der Waals surface area contributed by atoms with Gasteiger partial charge in [-0.15, -0.1) is 0 Å². The van der Waals surface area contributed by atoms with Gasteiger partial charge in [0.05, 0.1) is 11.8 Å². The molecule has 31 heavy (non-hydrogen) atoms. The van der Waals surface area contributed by atoms with Crippen LogP contribution in [0.5, 0.6) is 17.2 Å². The van der Waals surface area contributed by atoms with Gasteiger partial charge in [0.1, 0.15) is 24.8 Å². The van der Waals surface area contributed by atoms with Gasteiger partial charge in [-0.1, -0.05) is 6.07 Å². The van der Waals surface area contributed by atoms with Gasteiger partial charge in [-0.2, -0.15) is 5.10 Å². The van der Waals surface area contributed by atoms with E-state index >= 15 is 0 Å². The van der Waals surface area contributed by atoms with Crippen LogP contribution in [0, 0.1) is 5.82 Å². The second kappa shape index (κ2) is 9.08. The highest BCUT2D eigenvalue weighted by atomic mass is 19.1. The van der Waals surface area contributed by atoms with Crippen molar-refractivity contribution >= 4 is 18.1 Å². The number of halogens is 1. The van der Waals surface area contributed by atoms with Gasteiger partial charge in [-0.25, -0.2) is 14.6 Å². The molecular weight excluding hydrogens is 403 g/mol. The van der Waals surface area contributed by atoms with Crippen molar-refractivity contribution in [1.29, 1.82) is 0 Å². The molecule has 0 saturated carbocycles. The van der Waals surface area contributed by atoms with E-state index in [0.717, 1.165) is 6.07 Å². The topological polar surface area (TPSA) is 86.2 Å². The number of carbonyl (C=O) groups is 2. The second-order valence-corrected chi connectivity index (χ2v) is 6.53. The number of amides is 1. The Labute approximate surface area is 177 Å². The maximum atomic E-state index is 13.2. The minimum atomic E-state index is -0.660. The van der Waals surface area contributed by atoms with Crippen LogP contribution in [-0.4, -0.2) is 31.3 Å². The molecule has 0 bridgehead atoms. The first-order valence-corrected chi connectivity index (χ1v) is 9.39. The monoisotopic (exact) mass is 420 g/mol. The summed E-state index contributed by atoms with van der Waals surface area (Å²) in [5, 5.41) is 3.93. The number of esters is 1. The van der Waals surface area contributed by atoms with Crippen molar-refractivity contribution in [3.8, 4) is 17.2 Å². The molecule has 1 heterocycles. The van der Waals surface area contributed by atoms with E-state index in [1.165, 1.54) is 24.4 Å². The second-order valence-electron chi connectivity index (χ2n) is 6.53. The summed E-state index contributed by atoms with van der Waals surface area (Å²) in [6.07, 6.45) is 1.45. The minimum absolute atomic E-state index is 0.118. The van der Waals surface area contributed by atoms with Crippen molar-refractivity contribution < 1.29 is 28.2 Å². The molecule has 0 atom stereocenters. The molecule has 7 nitrogen and oxygen atoms in total. The first-order valence-electron chi connectivity index (χ1n) is 9.39. The van der Waals surface area contributed by atoms with Crippen molar-refractivity contribution in [3.05, 3.63) is 89.2 Å². The third-order valence-corrected chi connectivity index (χ3v) is 4.34. The van der Waals surface area contributed by atoms with Gasteiger partial charge in [-0.3, -0.25) is 4.79 Å². The Balaban J connectivity index is 1.33. The highest BCUT2D eigenvalue weighted by Crippen LogP contribution is 2.30. The minimum Gasteiger partial charge on any atom is -0.486 e. The SMILES string of the molecule is O=C(N/N=C/c1ccc(OC(=O)c2cccc(F)c2)cc1)c1ccc2c(c1)OCCO2. The van der Waals surface area contributed by atoms with Crippen molar-refractivity contribution in [3.63, 3.8) is 0 Å². The molecule has 0 aromatic heterocycles. The van der Waals surface area contributed by atoms with E-state index in [4.69, 9.17) is 14.2 Å². The van der Waals surface area contributed by atoms with Gasteiger partial charge < -0.3 is 14.2 Å². The Morgan fingerprint density at radius 3 is 2.48 bits per heavy atom. The van der Waals surface area contributed by atoms with Crippen LogP contribution in [0.3, 0.4) is 0 Å². The highest BCUT2D eigenvalue weighted by molar-refractivity contribution is 5.95. The summed E-state index contributed by atoms with van der Waals surface area (Å²) >= 11 is 0. The Morgan fingerprint density at radius 1 is 0.935 bits per heavy atom. The quantitative estimate of drug-likeness (QED) is 0.295. The van der Waals surface area contributed by atoms with E-state index in [-0.39, 0.29) is 5.56 Å². The Morgan fingerprint density at radius 2 is 1.71 bits per heavy atom. The first-order chi connectivity index (χ1) is 15.1. The Hall–Kier alpha value is -4.20. The molecule has 8 heteroatoms. The molecule has 0 spiro atoms. The molecule has 0 unspecified atom stereocenters. The number of hydrazone groups is 1. The average molecular weight is 420 g/mol. The number of rotatable bonds is 5. The van der Waals surface area contributed by atoms with Crippen molar-refractivity contribution in [2.24, 2.45) is 5.10 Å². The number of carbonyl (C=O) groups excluding carboxylic acids is 2. The summed E-state index contributed by atoms with van der Waals surface area (Å²) in [5.74, 6) is -0.150. The van der Waals surface area contributed by atoms with E-state index < -0.39 is 17.7 Å². The summed E-state index contributed by atoms with van der Waals surface area (Å²) in [6, 6.07) is 16.6. The van der Waals surface area contributed by atoms with Crippen LogP contribution in [0.1, 0.15) is 26.3 Å². The molecule has 156 valence electrons. The average Bonchev–Trinajstić information content (AvgIpc) is 2.80. The smallest absolute Gasteiger partial charge is 0.343 e. The zero-order valence-electron chi connectivity index (χ0n) is 16.2. The fraction of sp³-hybridized carbons (Fsp3) is 0.0870. The van der Waals surface area contributed by atoms with Crippen LogP contribution in [-0.2, 0) is 0 Å². The molecule has 3 aromatic rings. The fourth-order valence-electron chi connectivity index (χ4n) is 2.82. The van der Waals surface area contributed by atoms with Gasteiger partial charge in [0.25, 0.3) is 5.91 Å². The number of ether oxygens (including phenoxy) is 3. The van der Waals surface area contributed by atoms with Crippen LogP contribution in [0.25, 0.3) is 0 Å². The molecule has 1 N–H and O–H groups in total. The van der Waals surface area contributed by atoms with Crippen LogP contribution in [0.2, 0.25) is 0 Å². The van der Waals surface area contributed by atoms with Crippen LogP contribution in [0.4, 0.5) is 4.39 Å². The largest absolute Gasteiger partial charge is 0.486 e. The van der Waals surface area contributed by atoms with Crippen molar-refractivity contribution in [2.45, 2.75) is 0 Å². The lowest BCUT2D eigenvalue weighted by atomic mass is 10.2. The normalized spacial score (nSPS) is 12.4. The van der Waals surface area contributed by atoms with Gasteiger partial charge in [-0.05, 0) is 66.2 Å². The van der Waals surface area contributed by atoms with Gasteiger partial charge in [0, 0.05) is 5.56 Å². The highest BCUT2D eigenvalue weighted by Gasteiger charge is 2.14. The molecule has 0 fully saturated rings. The first kappa shape index (κ1) is 20.1. The van der Waals surface area contributed by atoms with E-state index in [1.807, 2.05) is 0 Å². The fourth-order valence-corrected chi connectivity index (χ4v) is 2.82. The molecule has 3 aromatic carbocycles. The maximum Gasteiger partial charge on any atom is 0.343 e. The number of hydrogen-bond acceptors (Lipinski definition) is 6.